The number of benzene rings is 1. The second kappa shape index (κ2) is 8.96. The fourth-order valence-corrected chi connectivity index (χ4v) is 3.51. The molecular formula is C23H26F3N7O. The van der Waals surface area contributed by atoms with Crippen molar-refractivity contribution in [1.82, 2.24) is 24.4 Å². The molecule has 34 heavy (non-hydrogen) atoms. The SMILES string of the molecule is [2H]C([2H])([2H])N1C(=O)N(c2ccnc(NC(C)c3cn(-c4ccc(C(F)(F)F)cc4)cn3)n2)[C@@H](C(C)C)C1([2H])[2H]. The van der Waals surface area contributed by atoms with Crippen molar-refractivity contribution in [1.29, 1.82) is 0 Å². The summed E-state index contributed by atoms with van der Waals surface area (Å²) in [7, 11) is 0. The fourth-order valence-electron chi connectivity index (χ4n) is 3.51. The molecule has 1 saturated heterocycles. The smallest absolute Gasteiger partial charge is 0.346 e. The van der Waals surface area contributed by atoms with Gasteiger partial charge in [-0.2, -0.15) is 18.2 Å². The van der Waals surface area contributed by atoms with E-state index in [0.29, 0.717) is 11.4 Å². The normalized spacial score (nSPS) is 21.6. The highest BCUT2D eigenvalue weighted by atomic mass is 19.4. The molecular weight excluding hydrogens is 447 g/mol. The average Bonchev–Trinajstić information content (AvgIpc) is 3.39. The summed E-state index contributed by atoms with van der Waals surface area (Å²) < 4.78 is 80.1. The van der Waals surface area contributed by atoms with Crippen LogP contribution < -0.4 is 10.2 Å². The van der Waals surface area contributed by atoms with Gasteiger partial charge in [0.05, 0.1) is 32.4 Å². The molecule has 2 aromatic heterocycles. The van der Waals surface area contributed by atoms with Crippen molar-refractivity contribution in [2.75, 3.05) is 23.7 Å². The molecule has 1 fully saturated rings. The van der Waals surface area contributed by atoms with Crippen LogP contribution in [0.3, 0.4) is 0 Å². The van der Waals surface area contributed by atoms with E-state index in [1.807, 2.05) is 0 Å². The van der Waals surface area contributed by atoms with Gasteiger partial charge in [0.15, 0.2) is 0 Å². The lowest BCUT2D eigenvalue weighted by atomic mass is 10.0. The minimum Gasteiger partial charge on any atom is -0.346 e. The van der Waals surface area contributed by atoms with Crippen molar-refractivity contribution < 1.29 is 24.8 Å². The third kappa shape index (κ3) is 4.68. The van der Waals surface area contributed by atoms with E-state index in [4.69, 9.17) is 6.85 Å². The van der Waals surface area contributed by atoms with Gasteiger partial charge in [-0.3, -0.25) is 4.90 Å². The summed E-state index contributed by atoms with van der Waals surface area (Å²) in [5, 5.41) is 3.03. The highest BCUT2D eigenvalue weighted by Gasteiger charge is 2.38. The highest BCUT2D eigenvalue weighted by molar-refractivity contribution is 5.94. The van der Waals surface area contributed by atoms with Gasteiger partial charge in [-0.05, 0) is 43.2 Å². The molecule has 3 aromatic rings. The maximum Gasteiger partial charge on any atom is 0.416 e. The van der Waals surface area contributed by atoms with Crippen molar-refractivity contribution in [2.24, 2.45) is 5.92 Å². The number of nitrogens with one attached hydrogen (secondary N) is 1. The topological polar surface area (TPSA) is 79.2 Å². The fraction of sp³-hybridized carbons (Fsp3) is 0.391. The maximum absolute atomic E-state index is 13.1. The van der Waals surface area contributed by atoms with E-state index < -0.39 is 49.2 Å². The Morgan fingerprint density at radius 3 is 2.56 bits per heavy atom. The second-order valence-electron chi connectivity index (χ2n) is 8.16. The van der Waals surface area contributed by atoms with Crippen molar-refractivity contribution in [3.05, 3.63) is 60.3 Å². The van der Waals surface area contributed by atoms with Gasteiger partial charge in [0, 0.05) is 35.7 Å². The Kier molecular flexibility index (Phi) is 4.69. The Balaban J connectivity index is 1.56. The lowest BCUT2D eigenvalue weighted by molar-refractivity contribution is -0.137. The molecule has 8 nitrogen and oxygen atoms in total. The number of carbonyl (C=O) groups is 1. The van der Waals surface area contributed by atoms with E-state index in [9.17, 15) is 18.0 Å². The van der Waals surface area contributed by atoms with Gasteiger partial charge < -0.3 is 14.8 Å². The van der Waals surface area contributed by atoms with Crippen molar-refractivity contribution in [3.8, 4) is 5.69 Å². The second-order valence-corrected chi connectivity index (χ2v) is 8.16. The van der Waals surface area contributed by atoms with Crippen molar-refractivity contribution in [2.45, 2.75) is 39.0 Å². The molecule has 1 aliphatic heterocycles. The average molecular weight is 479 g/mol. The van der Waals surface area contributed by atoms with Crippen molar-refractivity contribution in [3.63, 3.8) is 0 Å². The number of alkyl halides is 3. The van der Waals surface area contributed by atoms with E-state index >= 15 is 0 Å². The van der Waals surface area contributed by atoms with E-state index in [2.05, 4.69) is 20.3 Å². The largest absolute Gasteiger partial charge is 0.416 e. The van der Waals surface area contributed by atoms with Gasteiger partial charge in [0.1, 0.15) is 5.82 Å². The molecule has 2 amide bonds. The molecule has 2 atom stereocenters. The third-order valence-corrected chi connectivity index (χ3v) is 5.34. The molecule has 4 rings (SSSR count). The van der Waals surface area contributed by atoms with Gasteiger partial charge in [0.2, 0.25) is 5.95 Å². The first-order valence-corrected chi connectivity index (χ1v) is 10.5. The van der Waals surface area contributed by atoms with E-state index in [0.717, 1.165) is 17.0 Å². The van der Waals surface area contributed by atoms with Gasteiger partial charge in [0.25, 0.3) is 0 Å². The monoisotopic (exact) mass is 478 g/mol. The number of halogens is 3. The Hall–Kier alpha value is -3.63. The van der Waals surface area contributed by atoms with Crippen LogP contribution in [0.25, 0.3) is 5.69 Å². The molecule has 3 heterocycles. The minimum atomic E-state index is -4.44. The molecule has 1 N–H and O–H groups in total. The van der Waals surface area contributed by atoms with Crippen LogP contribution in [0.1, 0.15) is 44.9 Å². The predicted octanol–water partition coefficient (Wildman–Crippen LogP) is 4.75. The first kappa shape index (κ1) is 17.8. The molecule has 0 radical (unpaired) electrons. The van der Waals surface area contributed by atoms with Crippen LogP contribution in [-0.4, -0.2) is 50.0 Å². The number of aromatic nitrogens is 4. The molecule has 180 valence electrons. The van der Waals surface area contributed by atoms with E-state index in [1.54, 1.807) is 31.5 Å². The summed E-state index contributed by atoms with van der Waals surface area (Å²) in [5.74, 6) is -0.350. The Labute approximate surface area is 202 Å². The van der Waals surface area contributed by atoms with Crippen LogP contribution in [0, 0.1) is 5.92 Å². The molecule has 11 heteroatoms. The quantitative estimate of drug-likeness (QED) is 0.553. The van der Waals surface area contributed by atoms with E-state index in [1.165, 1.54) is 30.7 Å². The Morgan fingerprint density at radius 2 is 1.91 bits per heavy atom. The van der Waals surface area contributed by atoms with Crippen LogP contribution in [0.15, 0.2) is 49.1 Å². The number of imidazole rings is 1. The Bertz CT molecular complexity index is 1340. The molecule has 0 spiro atoms. The molecule has 1 aliphatic rings. The van der Waals surface area contributed by atoms with Gasteiger partial charge in [-0.25, -0.2) is 14.8 Å². The predicted molar refractivity (Wildman–Crippen MR) is 122 cm³/mol. The number of amides is 2. The van der Waals surface area contributed by atoms with Crippen LogP contribution >= 0.6 is 0 Å². The first-order valence-electron chi connectivity index (χ1n) is 13.0. The zero-order chi connectivity index (χ0) is 28.9. The van der Waals surface area contributed by atoms with Crippen LogP contribution in [0.5, 0.6) is 0 Å². The summed E-state index contributed by atoms with van der Waals surface area (Å²) in [5.41, 5.74) is 0.239. The lowest BCUT2D eigenvalue weighted by Gasteiger charge is -2.25. The zero-order valence-corrected chi connectivity index (χ0v) is 18.6. The summed E-state index contributed by atoms with van der Waals surface area (Å²) in [6, 6.07) is 3.37. The van der Waals surface area contributed by atoms with Gasteiger partial charge >= 0.3 is 12.2 Å². The summed E-state index contributed by atoms with van der Waals surface area (Å²) in [6.07, 6.45) is 0.00537. The van der Waals surface area contributed by atoms with Crippen molar-refractivity contribution >= 4 is 17.8 Å². The van der Waals surface area contributed by atoms with Gasteiger partial charge in [-0.1, -0.05) is 13.8 Å². The van der Waals surface area contributed by atoms with Gasteiger partial charge in [-0.15, -0.1) is 0 Å². The Morgan fingerprint density at radius 1 is 1.18 bits per heavy atom. The first-order chi connectivity index (χ1) is 18.0. The van der Waals surface area contributed by atoms with E-state index in [-0.39, 0.29) is 16.7 Å². The summed E-state index contributed by atoms with van der Waals surface area (Å²) in [6.45, 7) is -0.380. The zero-order valence-electron chi connectivity index (χ0n) is 23.6. The number of hydrogen-bond donors (Lipinski definition) is 1. The van der Waals surface area contributed by atoms with Crippen LogP contribution in [0.4, 0.5) is 29.7 Å². The number of likely N-dealkylation sites (N-methyl/N-ethyl adjacent to an activating group) is 1. The van der Waals surface area contributed by atoms with Crippen LogP contribution in [0.2, 0.25) is 0 Å². The highest BCUT2D eigenvalue weighted by Crippen LogP contribution is 2.30. The summed E-state index contributed by atoms with van der Waals surface area (Å²) >= 11 is 0. The molecule has 1 aromatic carbocycles. The maximum atomic E-state index is 13.1. The minimum absolute atomic E-state index is 0.0225. The molecule has 0 saturated carbocycles. The summed E-state index contributed by atoms with van der Waals surface area (Å²) in [4.78, 5) is 27.2. The molecule has 0 aliphatic carbocycles. The number of anilines is 2. The molecule has 0 bridgehead atoms. The number of rotatable bonds is 6. The molecule has 1 unspecified atom stereocenters. The number of carbonyl (C=O) groups excluding carboxylic acids is 1. The standard InChI is InChI=1S/C23H26F3N7O/c1-14(2)19-12-31(4)22(34)33(19)20-9-10-27-21(30-20)29-15(3)18-11-32(13-28-18)17-7-5-16(6-8-17)23(24,25)26/h5-11,13-15,19H,12H2,1-4H3,(H,27,29,30)/t15?,19-/m1/s1/i4D3,12D2. The third-order valence-electron chi connectivity index (χ3n) is 5.34. The number of hydrogen-bond acceptors (Lipinski definition) is 5. The van der Waals surface area contributed by atoms with Crippen LogP contribution in [-0.2, 0) is 6.18 Å². The number of nitrogens with zero attached hydrogens (tertiary/aromatic N) is 6. The number of urea groups is 1. The lowest BCUT2D eigenvalue weighted by Crippen LogP contribution is -2.38.